The third-order valence-electron chi connectivity index (χ3n) is 8.21. The van der Waals surface area contributed by atoms with Crippen LogP contribution in [0.3, 0.4) is 0 Å². The SMILES string of the molecule is COC(=O)NC1CCC(C)(C(=O)c2nc3cc(Cl)c(N4CCN(CCF)C[C@H]4C)cc3n2/C(=C\C(=O)O)C(=O)O)CC1. The van der Waals surface area contributed by atoms with Gasteiger partial charge in [-0.15, -0.1) is 0 Å². The molecule has 1 aromatic heterocycles. The molecule has 0 spiro atoms. The van der Waals surface area contributed by atoms with E-state index in [9.17, 15) is 33.8 Å². The number of alkyl halides is 1. The maximum atomic E-state index is 14.1. The number of hydrogen-bond acceptors (Lipinski definition) is 8. The number of aliphatic carboxylic acids is 2. The van der Waals surface area contributed by atoms with E-state index in [1.54, 1.807) is 19.1 Å². The van der Waals surface area contributed by atoms with Gasteiger partial charge in [0, 0.05) is 43.7 Å². The largest absolute Gasteiger partial charge is 0.478 e. The Morgan fingerprint density at radius 2 is 1.90 bits per heavy atom. The molecule has 1 aromatic carbocycles. The molecule has 0 bridgehead atoms. The van der Waals surface area contributed by atoms with Gasteiger partial charge >= 0.3 is 18.0 Å². The molecular formula is C28H35ClFN5O7. The molecule has 1 saturated carbocycles. The first-order valence-corrected chi connectivity index (χ1v) is 14.1. The summed E-state index contributed by atoms with van der Waals surface area (Å²) >= 11 is 6.69. The fourth-order valence-electron chi connectivity index (χ4n) is 5.88. The molecule has 1 aliphatic carbocycles. The van der Waals surface area contributed by atoms with Crippen LogP contribution in [0.4, 0.5) is 14.9 Å². The van der Waals surface area contributed by atoms with Crippen molar-refractivity contribution in [1.29, 1.82) is 0 Å². The molecule has 0 radical (unpaired) electrons. The molecule has 1 aliphatic heterocycles. The summed E-state index contributed by atoms with van der Waals surface area (Å²) in [5, 5.41) is 22.6. The van der Waals surface area contributed by atoms with Crippen molar-refractivity contribution in [3.8, 4) is 0 Å². The fraction of sp³-hybridized carbons (Fsp3) is 0.536. The maximum absolute atomic E-state index is 14.1. The Bertz CT molecular complexity index is 1420. The standard InChI is InChI=1S/C28H35ClFN5O7/c1-16-15-33(9-8-30)10-11-34(16)20-13-21-19(12-18(20)29)32-25(35(21)22(26(39)40)14-23(36)37)24(38)28(2)6-4-17(5-7-28)31-27(41)42-3/h12-14,16-17H,4-11,15H2,1-3H3,(H,31,41)(H,36,37)(H,39,40)/b22-14-/t16-,17?,28?/m1/s1. The van der Waals surface area contributed by atoms with Crippen molar-refractivity contribution in [2.45, 2.75) is 51.6 Å². The Labute approximate surface area is 247 Å². The normalized spacial score (nSPS) is 23.5. The highest BCUT2D eigenvalue weighted by molar-refractivity contribution is 6.34. The number of alkyl carbamates (subject to hydrolysis) is 1. The zero-order chi connectivity index (χ0) is 30.8. The highest BCUT2D eigenvalue weighted by Crippen LogP contribution is 2.41. The molecule has 2 aliphatic rings. The van der Waals surface area contributed by atoms with Gasteiger partial charge in [0.1, 0.15) is 12.4 Å². The van der Waals surface area contributed by atoms with E-state index in [0.717, 1.165) is 4.57 Å². The summed E-state index contributed by atoms with van der Waals surface area (Å²) in [6.07, 6.45) is 1.69. The molecule has 0 unspecified atom stereocenters. The van der Waals surface area contributed by atoms with Gasteiger partial charge in [-0.05, 0) is 44.7 Å². The predicted molar refractivity (Wildman–Crippen MR) is 154 cm³/mol. The number of Topliss-reactive ketones (excluding diaryl/α,β-unsaturated/α-hetero) is 1. The Morgan fingerprint density at radius 1 is 1.21 bits per heavy atom. The number of carbonyl (C=O) groups is 4. The van der Waals surface area contributed by atoms with Crippen LogP contribution in [0.25, 0.3) is 16.7 Å². The van der Waals surface area contributed by atoms with Crippen LogP contribution in [0.5, 0.6) is 0 Å². The quantitative estimate of drug-likeness (QED) is 0.284. The topological polar surface area (TPSA) is 154 Å². The second-order valence-corrected chi connectivity index (χ2v) is 11.5. The number of piperazine rings is 1. The summed E-state index contributed by atoms with van der Waals surface area (Å²) in [5.74, 6) is -3.71. The van der Waals surface area contributed by atoms with E-state index in [0.29, 0.717) is 68.6 Å². The number of carboxylic acids is 2. The van der Waals surface area contributed by atoms with Gasteiger partial charge in [0.2, 0.25) is 5.78 Å². The Hall–Kier alpha value is -3.71. The van der Waals surface area contributed by atoms with Gasteiger partial charge in [-0.1, -0.05) is 18.5 Å². The number of fused-ring (bicyclic) bond motifs is 1. The molecule has 1 atom stereocenters. The van der Waals surface area contributed by atoms with Crippen molar-refractivity contribution in [2.75, 3.05) is 44.9 Å². The highest BCUT2D eigenvalue weighted by Gasteiger charge is 2.41. The van der Waals surface area contributed by atoms with Gasteiger partial charge in [0.25, 0.3) is 0 Å². The van der Waals surface area contributed by atoms with E-state index < -0.39 is 41.6 Å². The number of anilines is 1. The number of carboxylic acid groups (broad SMARTS) is 2. The van der Waals surface area contributed by atoms with Crippen molar-refractivity contribution in [2.24, 2.45) is 5.41 Å². The molecule has 4 rings (SSSR count). The Balaban J connectivity index is 1.79. The van der Waals surface area contributed by atoms with Crippen molar-refractivity contribution >= 4 is 57.8 Å². The number of aromatic nitrogens is 2. The average Bonchev–Trinajstić information content (AvgIpc) is 3.29. The first-order valence-electron chi connectivity index (χ1n) is 13.7. The summed E-state index contributed by atoms with van der Waals surface area (Å²) in [6.45, 7) is 5.30. The summed E-state index contributed by atoms with van der Waals surface area (Å²) in [4.78, 5) is 58.3. The zero-order valence-corrected chi connectivity index (χ0v) is 24.5. The van der Waals surface area contributed by atoms with Crippen LogP contribution in [-0.2, 0) is 14.3 Å². The molecular weight excluding hydrogens is 573 g/mol. The van der Waals surface area contributed by atoms with E-state index >= 15 is 0 Å². The minimum absolute atomic E-state index is 0.0566. The smallest absolute Gasteiger partial charge is 0.407 e. The number of carbonyl (C=O) groups excluding carboxylic acids is 2. The van der Waals surface area contributed by atoms with Gasteiger partial charge in [-0.2, -0.15) is 0 Å². The van der Waals surface area contributed by atoms with Crippen molar-refractivity contribution in [3.05, 3.63) is 29.1 Å². The predicted octanol–water partition coefficient (Wildman–Crippen LogP) is 3.67. The molecule has 1 saturated heterocycles. The summed E-state index contributed by atoms with van der Waals surface area (Å²) in [5.41, 5.74) is -0.577. The molecule has 2 fully saturated rings. The van der Waals surface area contributed by atoms with Crippen LogP contribution in [0.1, 0.15) is 50.1 Å². The van der Waals surface area contributed by atoms with Gasteiger partial charge in [-0.25, -0.2) is 23.8 Å². The van der Waals surface area contributed by atoms with E-state index in [1.807, 2.05) is 16.7 Å². The third-order valence-corrected chi connectivity index (χ3v) is 8.52. The molecule has 12 nitrogen and oxygen atoms in total. The maximum Gasteiger partial charge on any atom is 0.407 e. The van der Waals surface area contributed by atoms with Crippen LogP contribution >= 0.6 is 11.6 Å². The lowest BCUT2D eigenvalue weighted by Gasteiger charge is -2.41. The van der Waals surface area contributed by atoms with Gasteiger partial charge in [-0.3, -0.25) is 14.3 Å². The van der Waals surface area contributed by atoms with Crippen LogP contribution in [0, 0.1) is 5.41 Å². The van der Waals surface area contributed by atoms with Crippen LogP contribution < -0.4 is 10.2 Å². The first kappa shape index (κ1) is 31.2. The van der Waals surface area contributed by atoms with Gasteiger partial charge in [0.15, 0.2) is 5.82 Å². The van der Waals surface area contributed by atoms with Gasteiger partial charge < -0.3 is 25.2 Å². The number of nitrogens with zero attached hydrogens (tertiary/aromatic N) is 4. The molecule has 2 heterocycles. The molecule has 3 N–H and O–H groups in total. The third kappa shape index (κ3) is 6.36. The number of ether oxygens (including phenoxy) is 1. The second kappa shape index (κ2) is 12.7. The summed E-state index contributed by atoms with van der Waals surface area (Å²) < 4.78 is 18.7. The van der Waals surface area contributed by atoms with Crippen molar-refractivity contribution < 1.29 is 38.5 Å². The Kier molecular flexibility index (Phi) is 9.41. The molecule has 1 amide bonds. The van der Waals surface area contributed by atoms with E-state index in [1.165, 1.54) is 7.11 Å². The molecule has 14 heteroatoms. The van der Waals surface area contributed by atoms with E-state index in [2.05, 4.69) is 15.0 Å². The number of halogens is 2. The highest BCUT2D eigenvalue weighted by atomic mass is 35.5. The first-order chi connectivity index (χ1) is 19.9. The minimum Gasteiger partial charge on any atom is -0.478 e. The summed E-state index contributed by atoms with van der Waals surface area (Å²) in [7, 11) is 1.27. The fourth-order valence-corrected chi connectivity index (χ4v) is 6.14. The zero-order valence-electron chi connectivity index (χ0n) is 23.7. The average molecular weight is 608 g/mol. The molecule has 228 valence electrons. The van der Waals surface area contributed by atoms with Gasteiger partial charge in [0.05, 0.1) is 34.9 Å². The van der Waals surface area contributed by atoms with Crippen molar-refractivity contribution in [1.82, 2.24) is 19.8 Å². The number of ketones is 1. The van der Waals surface area contributed by atoms with Crippen LogP contribution in [0.2, 0.25) is 5.02 Å². The van der Waals surface area contributed by atoms with Crippen LogP contribution in [0.15, 0.2) is 18.2 Å². The number of nitrogens with one attached hydrogen (secondary N) is 1. The monoisotopic (exact) mass is 607 g/mol. The number of methoxy groups -OCH3 is 1. The molecule has 2 aromatic rings. The number of rotatable bonds is 9. The number of hydrogen-bond donors (Lipinski definition) is 3. The number of benzene rings is 1. The lowest BCUT2D eigenvalue weighted by atomic mass is 9.71. The second-order valence-electron chi connectivity index (χ2n) is 11.1. The van der Waals surface area contributed by atoms with Crippen LogP contribution in [-0.4, -0.2) is 101 Å². The summed E-state index contributed by atoms with van der Waals surface area (Å²) in [6, 6.07) is 2.92. The van der Waals surface area contributed by atoms with Crippen molar-refractivity contribution in [3.63, 3.8) is 0 Å². The van der Waals surface area contributed by atoms with E-state index in [4.69, 9.17) is 11.6 Å². The lowest BCUT2D eigenvalue weighted by Crippen LogP contribution is -2.52. The number of amides is 1. The number of imidazole rings is 1. The molecule has 42 heavy (non-hydrogen) atoms. The Morgan fingerprint density at radius 3 is 2.48 bits per heavy atom. The lowest BCUT2D eigenvalue weighted by molar-refractivity contribution is -0.133. The van der Waals surface area contributed by atoms with E-state index in [-0.39, 0.29) is 28.9 Å². The minimum atomic E-state index is -1.55.